The van der Waals surface area contributed by atoms with E-state index >= 15 is 0 Å². The number of amides is 1. The molecule has 1 amide bonds. The molecule has 0 fully saturated rings. The summed E-state index contributed by atoms with van der Waals surface area (Å²) in [4.78, 5) is 11.1. The van der Waals surface area contributed by atoms with Gasteiger partial charge in [0.1, 0.15) is 0 Å². The minimum absolute atomic E-state index is 0.255. The molecule has 0 radical (unpaired) electrons. The van der Waals surface area contributed by atoms with Crippen molar-refractivity contribution >= 4 is 17.5 Å². The molecule has 60 valence electrons. The summed E-state index contributed by atoms with van der Waals surface area (Å²) in [5.74, 6) is -0.574. The Labute approximate surface area is 74.1 Å². The van der Waals surface area contributed by atoms with Gasteiger partial charge in [-0.05, 0) is 0 Å². The molecule has 0 aromatic heterocycles. The molecule has 4 heteroatoms. The highest BCUT2D eigenvalue weighted by Crippen LogP contribution is 2.29. The number of hydrogen-bond donors (Lipinski definition) is 0. The van der Waals surface area contributed by atoms with Crippen LogP contribution in [-0.2, 0) is 4.79 Å². The van der Waals surface area contributed by atoms with Crippen molar-refractivity contribution in [1.29, 1.82) is 0 Å². The van der Waals surface area contributed by atoms with Gasteiger partial charge >= 0.3 is 0 Å². The summed E-state index contributed by atoms with van der Waals surface area (Å²) in [5, 5.41) is 7.24. The van der Waals surface area contributed by atoms with Gasteiger partial charge in [-0.2, -0.15) is 0 Å². The highest BCUT2D eigenvalue weighted by molar-refractivity contribution is 6.30. The Morgan fingerprint density at radius 2 is 2.17 bits per heavy atom. The third-order valence-corrected chi connectivity index (χ3v) is 2.06. The summed E-state index contributed by atoms with van der Waals surface area (Å²) < 4.78 is 0. The first-order valence-corrected chi connectivity index (χ1v) is 3.87. The molecule has 12 heavy (non-hydrogen) atoms. The van der Waals surface area contributed by atoms with Gasteiger partial charge in [-0.25, -0.2) is 0 Å². The van der Waals surface area contributed by atoms with Gasteiger partial charge in [0.15, 0.2) is 5.16 Å². The first-order chi connectivity index (χ1) is 5.79. The zero-order chi connectivity index (χ0) is 8.55. The van der Waals surface area contributed by atoms with Gasteiger partial charge in [0.2, 0.25) is 0 Å². The Bertz CT molecular complexity index is 352. The van der Waals surface area contributed by atoms with Crippen LogP contribution in [0.4, 0.5) is 0 Å². The largest absolute Gasteiger partial charge is 0.276 e. The molecule has 1 unspecified atom stereocenters. The van der Waals surface area contributed by atoms with E-state index in [9.17, 15) is 4.79 Å². The molecule has 0 aromatic rings. The van der Waals surface area contributed by atoms with E-state index in [0.717, 1.165) is 5.57 Å². The minimum atomic E-state index is -0.319. The Balaban J connectivity index is 2.51. The van der Waals surface area contributed by atoms with Crippen LogP contribution in [-0.4, -0.2) is 5.91 Å². The lowest BCUT2D eigenvalue weighted by atomic mass is 9.94. The van der Waals surface area contributed by atoms with Crippen LogP contribution in [0.1, 0.15) is 0 Å². The first kappa shape index (κ1) is 7.43. The smallest absolute Gasteiger partial charge is 0.270 e. The van der Waals surface area contributed by atoms with Gasteiger partial charge in [0.05, 0.1) is 5.92 Å². The summed E-state index contributed by atoms with van der Waals surface area (Å²) in [6.45, 7) is 0. The molecule has 0 saturated carbocycles. The average Bonchev–Trinajstić information content (AvgIpc) is 2.12. The molecule has 2 aliphatic rings. The van der Waals surface area contributed by atoms with Crippen LogP contribution in [0, 0.1) is 5.92 Å². The molecule has 0 aromatic carbocycles. The molecule has 1 aliphatic carbocycles. The van der Waals surface area contributed by atoms with E-state index in [2.05, 4.69) is 10.2 Å². The van der Waals surface area contributed by atoms with E-state index in [1.54, 1.807) is 18.2 Å². The third-order valence-electron chi connectivity index (χ3n) is 1.77. The van der Waals surface area contributed by atoms with Crippen LogP contribution in [0.25, 0.3) is 0 Å². The summed E-state index contributed by atoms with van der Waals surface area (Å²) in [7, 11) is 0. The number of rotatable bonds is 0. The number of azo groups is 1. The number of carbonyl (C=O) groups is 1. The number of allylic oxidation sites excluding steroid dienone is 3. The highest BCUT2D eigenvalue weighted by atomic mass is 35.5. The second kappa shape index (κ2) is 2.68. The molecule has 0 N–H and O–H groups in total. The van der Waals surface area contributed by atoms with E-state index in [1.807, 2.05) is 6.08 Å². The fourth-order valence-corrected chi connectivity index (χ4v) is 1.39. The standard InChI is InChI=1S/C8H5ClN2O/c9-7-5-3-1-2-4-6(5)8(12)11-10-7/h1-4,6H. The summed E-state index contributed by atoms with van der Waals surface area (Å²) in [6, 6.07) is 0. The monoisotopic (exact) mass is 180 g/mol. The quantitative estimate of drug-likeness (QED) is 0.527. The van der Waals surface area contributed by atoms with Crippen molar-refractivity contribution in [3.63, 3.8) is 0 Å². The molecular formula is C8H5ClN2O. The van der Waals surface area contributed by atoms with Crippen molar-refractivity contribution in [2.24, 2.45) is 16.1 Å². The molecule has 0 saturated heterocycles. The first-order valence-electron chi connectivity index (χ1n) is 3.49. The summed E-state index contributed by atoms with van der Waals surface area (Å²) in [6.07, 6.45) is 7.17. The van der Waals surface area contributed by atoms with Crippen molar-refractivity contribution < 1.29 is 4.79 Å². The van der Waals surface area contributed by atoms with Crippen molar-refractivity contribution in [3.05, 3.63) is 35.0 Å². The molecule has 0 spiro atoms. The number of hydrogen-bond acceptors (Lipinski definition) is 2. The van der Waals surface area contributed by atoms with Crippen LogP contribution in [0.3, 0.4) is 0 Å². The normalized spacial score (nSPS) is 26.4. The van der Waals surface area contributed by atoms with Gasteiger partial charge in [0, 0.05) is 5.57 Å². The van der Waals surface area contributed by atoms with E-state index in [0.29, 0.717) is 5.16 Å². The Morgan fingerprint density at radius 1 is 1.33 bits per heavy atom. The summed E-state index contributed by atoms with van der Waals surface area (Å²) >= 11 is 5.74. The van der Waals surface area contributed by atoms with Crippen LogP contribution in [0.5, 0.6) is 0 Å². The summed E-state index contributed by atoms with van der Waals surface area (Å²) in [5.41, 5.74) is 0.735. The Morgan fingerprint density at radius 3 is 2.92 bits per heavy atom. The van der Waals surface area contributed by atoms with Crippen molar-refractivity contribution in [2.75, 3.05) is 0 Å². The fourth-order valence-electron chi connectivity index (χ4n) is 1.17. The van der Waals surface area contributed by atoms with E-state index in [-0.39, 0.29) is 11.8 Å². The molecule has 1 atom stereocenters. The van der Waals surface area contributed by atoms with Crippen LogP contribution < -0.4 is 0 Å². The van der Waals surface area contributed by atoms with Gasteiger partial charge in [0.25, 0.3) is 5.91 Å². The van der Waals surface area contributed by atoms with Crippen LogP contribution in [0.15, 0.2) is 45.3 Å². The van der Waals surface area contributed by atoms with E-state index in [1.165, 1.54) is 0 Å². The lowest BCUT2D eigenvalue weighted by Gasteiger charge is -2.15. The van der Waals surface area contributed by atoms with Crippen LogP contribution in [0.2, 0.25) is 0 Å². The number of halogens is 1. The van der Waals surface area contributed by atoms with Gasteiger partial charge < -0.3 is 0 Å². The van der Waals surface area contributed by atoms with Gasteiger partial charge in [-0.3, -0.25) is 4.79 Å². The average molecular weight is 181 g/mol. The Kier molecular flexibility index (Phi) is 1.66. The van der Waals surface area contributed by atoms with Gasteiger partial charge in [-0.15, -0.1) is 10.2 Å². The van der Waals surface area contributed by atoms with Crippen molar-refractivity contribution in [1.82, 2.24) is 0 Å². The molecule has 0 bridgehead atoms. The van der Waals surface area contributed by atoms with Gasteiger partial charge in [-0.1, -0.05) is 35.9 Å². The fraction of sp³-hybridized carbons (Fsp3) is 0.125. The predicted molar refractivity (Wildman–Crippen MR) is 44.5 cm³/mol. The molecule has 3 nitrogen and oxygen atoms in total. The predicted octanol–water partition coefficient (Wildman–Crippen LogP) is 2.17. The van der Waals surface area contributed by atoms with Crippen molar-refractivity contribution in [3.8, 4) is 0 Å². The number of nitrogens with zero attached hydrogens (tertiary/aromatic N) is 2. The number of carbonyl (C=O) groups excluding carboxylic acids is 1. The zero-order valence-electron chi connectivity index (χ0n) is 6.07. The lowest BCUT2D eigenvalue weighted by molar-refractivity contribution is -0.120. The SMILES string of the molecule is O=C1N=NC(Cl)=C2C=CC=CC12. The van der Waals surface area contributed by atoms with Crippen LogP contribution >= 0.6 is 11.6 Å². The second-order valence-electron chi connectivity index (χ2n) is 2.51. The maximum absolute atomic E-state index is 11.1. The second-order valence-corrected chi connectivity index (χ2v) is 2.86. The molecule has 2 rings (SSSR count). The highest BCUT2D eigenvalue weighted by Gasteiger charge is 2.25. The molecular weight excluding hydrogens is 176 g/mol. The third kappa shape index (κ3) is 1.02. The Hall–Kier alpha value is -1.22. The maximum atomic E-state index is 11.1. The van der Waals surface area contributed by atoms with E-state index in [4.69, 9.17) is 11.6 Å². The lowest BCUT2D eigenvalue weighted by Crippen LogP contribution is -2.16. The van der Waals surface area contributed by atoms with Crippen molar-refractivity contribution in [2.45, 2.75) is 0 Å². The maximum Gasteiger partial charge on any atom is 0.276 e. The minimum Gasteiger partial charge on any atom is -0.270 e. The van der Waals surface area contributed by atoms with E-state index < -0.39 is 0 Å². The zero-order valence-corrected chi connectivity index (χ0v) is 6.82. The molecule has 1 heterocycles. The number of fused-ring (bicyclic) bond motifs is 1. The topological polar surface area (TPSA) is 41.8 Å². The molecule has 1 aliphatic heterocycles.